The van der Waals surface area contributed by atoms with Crippen LogP contribution in [-0.4, -0.2) is 42.5 Å². The van der Waals surface area contributed by atoms with E-state index in [0.717, 1.165) is 22.9 Å². The first kappa shape index (κ1) is 30.8. The Morgan fingerprint density at radius 2 is 1.42 bits per heavy atom. The van der Waals surface area contributed by atoms with Gasteiger partial charge in [0.1, 0.15) is 11.5 Å². The molecule has 0 bridgehead atoms. The summed E-state index contributed by atoms with van der Waals surface area (Å²) in [6.07, 6.45) is 0. The average molecular weight is 653 g/mol. The molecule has 4 N–H and O–H groups in total. The average Bonchev–Trinajstić information content (AvgIpc) is 3.36. The fraction of sp³-hybridized carbons (Fsp3) is 0.370. The zero-order chi connectivity index (χ0) is 26.3. The molecule has 0 spiro atoms. The van der Waals surface area contributed by atoms with Crippen molar-refractivity contribution in [3.05, 3.63) is 64.9 Å². The van der Waals surface area contributed by atoms with Crippen LogP contribution >= 0.6 is 32.5 Å². The van der Waals surface area contributed by atoms with Crippen molar-refractivity contribution in [3.8, 4) is 11.5 Å². The van der Waals surface area contributed by atoms with Gasteiger partial charge in [0, 0.05) is 11.4 Å². The van der Waals surface area contributed by atoms with E-state index in [-0.39, 0.29) is 6.04 Å². The molecule has 0 fully saturated rings. The first-order valence-electron chi connectivity index (χ1n) is 12.4. The minimum atomic E-state index is -1.49. The SMILES string of the molecule is CCOc1ccc(NC(=S)Nc2ccc(OCC)cc2)cc1.CC[S][SnH]([CH2]C)[c]1ccsc1C(C)N. The monoisotopic (exact) mass is 653 g/mol. The quantitative estimate of drug-likeness (QED) is 0.156. The Kier molecular flexibility index (Phi) is 14.6. The summed E-state index contributed by atoms with van der Waals surface area (Å²) < 4.78 is 13.9. The molecule has 0 amide bonds. The van der Waals surface area contributed by atoms with Crippen LogP contribution in [-0.2, 0) is 0 Å². The third kappa shape index (κ3) is 10.5. The molecule has 0 aliphatic heterocycles. The second kappa shape index (κ2) is 17.1. The maximum atomic E-state index is 5.98. The number of ether oxygens (including phenoxy) is 2. The zero-order valence-corrected chi connectivity index (χ0v) is 27.6. The van der Waals surface area contributed by atoms with E-state index in [2.05, 4.69) is 51.8 Å². The molecule has 36 heavy (non-hydrogen) atoms. The molecule has 0 saturated carbocycles. The topological polar surface area (TPSA) is 68.5 Å². The number of thiophene rings is 1. The van der Waals surface area contributed by atoms with Crippen LogP contribution in [0.15, 0.2) is 60.0 Å². The number of thiocarbonyl (C=S) groups is 1. The van der Waals surface area contributed by atoms with Gasteiger partial charge in [-0.25, -0.2) is 0 Å². The Labute approximate surface area is 235 Å². The van der Waals surface area contributed by atoms with Gasteiger partial charge in [-0.05, 0) is 74.6 Å². The Morgan fingerprint density at radius 1 is 0.917 bits per heavy atom. The molecule has 3 aromatic rings. The van der Waals surface area contributed by atoms with Crippen molar-refractivity contribution in [2.24, 2.45) is 5.73 Å². The normalized spacial score (nSPS) is 12.1. The Morgan fingerprint density at radius 3 is 1.81 bits per heavy atom. The van der Waals surface area contributed by atoms with E-state index in [4.69, 9.17) is 27.4 Å². The van der Waals surface area contributed by atoms with Crippen molar-refractivity contribution in [2.45, 2.75) is 45.1 Å². The summed E-state index contributed by atoms with van der Waals surface area (Å²) >= 11 is 5.65. The molecule has 5 nitrogen and oxygen atoms in total. The molecule has 0 aliphatic carbocycles. The van der Waals surface area contributed by atoms with Gasteiger partial charge in [0.2, 0.25) is 0 Å². The number of benzene rings is 2. The van der Waals surface area contributed by atoms with Crippen molar-refractivity contribution < 1.29 is 9.47 Å². The molecule has 196 valence electrons. The fourth-order valence-corrected chi connectivity index (χ4v) is 19.9. The first-order valence-corrected chi connectivity index (χ1v) is 22.7. The van der Waals surface area contributed by atoms with Gasteiger partial charge < -0.3 is 20.1 Å². The summed E-state index contributed by atoms with van der Waals surface area (Å²) in [6, 6.07) is 17.9. The predicted molar refractivity (Wildman–Crippen MR) is 167 cm³/mol. The van der Waals surface area contributed by atoms with E-state index in [1.54, 1.807) is 3.58 Å². The molecule has 0 saturated heterocycles. The van der Waals surface area contributed by atoms with Crippen molar-refractivity contribution in [1.29, 1.82) is 0 Å². The number of hydrogen-bond acceptors (Lipinski definition) is 6. The van der Waals surface area contributed by atoms with Crippen molar-refractivity contribution in [1.82, 2.24) is 0 Å². The molecule has 1 aromatic heterocycles. The Bertz CT molecular complexity index is 974. The van der Waals surface area contributed by atoms with E-state index in [0.29, 0.717) is 18.3 Å². The van der Waals surface area contributed by atoms with Gasteiger partial charge in [-0.2, -0.15) is 0 Å². The van der Waals surface area contributed by atoms with Crippen LogP contribution < -0.4 is 29.4 Å². The van der Waals surface area contributed by atoms with Crippen LogP contribution in [0, 0.1) is 0 Å². The molecular weight excluding hydrogens is 613 g/mol. The van der Waals surface area contributed by atoms with Crippen molar-refractivity contribution in [2.75, 3.05) is 29.6 Å². The van der Waals surface area contributed by atoms with Gasteiger partial charge in [-0.3, -0.25) is 0 Å². The van der Waals surface area contributed by atoms with Gasteiger partial charge in [-0.1, -0.05) is 0 Å². The molecule has 1 heterocycles. The molecule has 2 unspecified atom stereocenters. The third-order valence-corrected chi connectivity index (χ3v) is 23.5. The standard InChI is InChI=1S/C17H20N2O2S.C6H8NS.C2H6S.C2H5.Sn.H/c1-3-20-15-9-5-13(6-10-15)18-17(22)19-14-7-11-16(12-8-14)21-4-2;1-5(7)6-3-2-4-8-6;1-2-3;1-2;;/h5-12H,3-4H2,1-2H3,(H2,18,19,22);2,4-5H,7H2,1H3;3H,2H2,1H3;1H2,2H3;;/q;;;;+1;/p-1. The summed E-state index contributed by atoms with van der Waals surface area (Å²) in [6.45, 7) is 11.9. The van der Waals surface area contributed by atoms with Gasteiger partial charge in [-0.15, -0.1) is 0 Å². The van der Waals surface area contributed by atoms with E-state index < -0.39 is 18.4 Å². The Hall–Kier alpha value is -1.46. The fourth-order valence-electron chi connectivity index (χ4n) is 3.49. The number of hydrogen-bond donors (Lipinski definition) is 3. The second-order valence-electron chi connectivity index (χ2n) is 7.88. The summed E-state index contributed by atoms with van der Waals surface area (Å²) in [5.74, 6) is 2.96. The van der Waals surface area contributed by atoms with Crippen LogP contribution in [0.3, 0.4) is 0 Å². The maximum absolute atomic E-state index is 5.98. The van der Waals surface area contributed by atoms with Gasteiger partial charge in [0.05, 0.1) is 13.2 Å². The molecule has 3 rings (SSSR count). The molecular formula is C27H39N3O2S3Sn. The molecule has 2 aromatic carbocycles. The minimum absolute atomic E-state index is 0.230. The first-order chi connectivity index (χ1) is 17.4. The Balaban J connectivity index is 0.000000281. The summed E-state index contributed by atoms with van der Waals surface area (Å²) in [5, 5.41) is 9.01. The van der Waals surface area contributed by atoms with Crippen molar-refractivity contribution >= 4 is 70.9 Å². The van der Waals surface area contributed by atoms with Crippen LogP contribution in [0.25, 0.3) is 0 Å². The van der Waals surface area contributed by atoms with Gasteiger partial charge in [0.15, 0.2) is 5.11 Å². The zero-order valence-electron chi connectivity index (χ0n) is 21.9. The molecule has 2 atom stereocenters. The van der Waals surface area contributed by atoms with E-state index in [1.807, 2.05) is 73.7 Å². The van der Waals surface area contributed by atoms with Crippen LogP contribution in [0.2, 0.25) is 4.44 Å². The van der Waals surface area contributed by atoms with E-state index in [1.165, 1.54) is 15.1 Å². The van der Waals surface area contributed by atoms with Crippen LogP contribution in [0.4, 0.5) is 11.4 Å². The van der Waals surface area contributed by atoms with Gasteiger partial charge in [0.25, 0.3) is 0 Å². The number of nitrogens with one attached hydrogen (secondary N) is 2. The predicted octanol–water partition coefficient (Wildman–Crippen LogP) is 6.76. The van der Waals surface area contributed by atoms with Crippen LogP contribution in [0.5, 0.6) is 11.5 Å². The number of rotatable bonds is 11. The molecule has 0 radical (unpaired) electrons. The summed E-state index contributed by atoms with van der Waals surface area (Å²) in [4.78, 5) is 1.45. The van der Waals surface area contributed by atoms with Crippen molar-refractivity contribution in [3.63, 3.8) is 0 Å². The van der Waals surface area contributed by atoms with E-state index >= 15 is 0 Å². The summed E-state index contributed by atoms with van der Waals surface area (Å²) in [7, 11) is 2.23. The molecule has 9 heteroatoms. The number of anilines is 2. The summed E-state index contributed by atoms with van der Waals surface area (Å²) in [5.41, 5.74) is 7.80. The third-order valence-electron chi connectivity index (χ3n) is 5.07. The van der Waals surface area contributed by atoms with E-state index in [9.17, 15) is 0 Å². The second-order valence-corrected chi connectivity index (χ2v) is 23.7. The number of nitrogens with two attached hydrogens (primary N) is 1. The van der Waals surface area contributed by atoms with Crippen LogP contribution in [0.1, 0.15) is 45.5 Å². The van der Waals surface area contributed by atoms with Gasteiger partial charge >= 0.3 is 101 Å². The molecule has 0 aliphatic rings.